The molecule has 0 saturated heterocycles. The summed E-state index contributed by atoms with van der Waals surface area (Å²) >= 11 is 0. The predicted molar refractivity (Wildman–Crippen MR) is 368 cm³/mol. The fraction of sp³-hybridized carbons (Fsp3) is 0.0610. The Balaban J connectivity index is 0.797. The maximum atomic E-state index is 9.17. The van der Waals surface area contributed by atoms with E-state index in [1.165, 1.54) is 16.3 Å². The van der Waals surface area contributed by atoms with Crippen molar-refractivity contribution in [2.75, 3.05) is 16.5 Å². The van der Waals surface area contributed by atoms with Crippen LogP contribution < -0.4 is 19.3 Å². The Bertz CT molecular complexity index is 5550. The summed E-state index contributed by atoms with van der Waals surface area (Å²) < 4.78 is 107. The van der Waals surface area contributed by atoms with Crippen molar-refractivity contribution in [3.05, 3.63) is 309 Å². The fourth-order valence-corrected chi connectivity index (χ4v) is 12.7. The van der Waals surface area contributed by atoms with Gasteiger partial charge < -0.3 is 23.8 Å². The Kier molecular flexibility index (Phi) is 10.6. The number of hydrogen-bond donors (Lipinski definition) is 0. The minimum atomic E-state index is -0.562. The number of hydrogen-bond acceptors (Lipinski definition) is 5. The van der Waals surface area contributed by atoms with Gasteiger partial charge in [-0.2, -0.15) is 0 Å². The largest absolute Gasteiger partial charge is 0.457 e. The standard InChI is InChI=1S/C82H61N5O2/c1-82(2,3)59-42-45-75-72(48-59)69-44-43-63(88-62-33-22-32-60(49-62)84-54-85(77-41-21-20-40-76(77)84)80-65(55-24-8-4-9-25-55)36-23-37-66(80)56-26-10-5-11-27-56)52-78(69)87(75)79-53-64(46-47-83-79)89-81-70(57-28-12-6-13-29-57)50-61(51-71(81)58-30-14-7-15-31-58)86-73-38-18-16-34-67(73)68-35-17-19-39-74(68)86/h4-53H,54H2,1-3H3/i4D,5D,8D,9D,10D,11D,24D,25D,26D,27D. The van der Waals surface area contributed by atoms with Gasteiger partial charge in [-0.25, -0.2) is 4.98 Å². The Morgan fingerprint density at radius 2 is 0.933 bits per heavy atom. The Labute approximate surface area is 531 Å². The third-order valence-electron chi connectivity index (χ3n) is 16.8. The van der Waals surface area contributed by atoms with Crippen molar-refractivity contribution in [2.45, 2.75) is 26.2 Å². The molecule has 4 heterocycles. The number of rotatable bonds is 12. The maximum Gasteiger partial charge on any atom is 0.143 e. The number of anilines is 4. The molecular formula is C82H61N5O2. The zero-order valence-corrected chi connectivity index (χ0v) is 48.9. The minimum Gasteiger partial charge on any atom is -0.457 e. The van der Waals surface area contributed by atoms with Crippen LogP contribution in [-0.4, -0.2) is 20.8 Å². The van der Waals surface area contributed by atoms with Gasteiger partial charge >= 0.3 is 0 Å². The number of nitrogens with zero attached hydrogens (tertiary/aromatic N) is 5. The number of fused-ring (bicyclic) bond motifs is 7. The quantitative estimate of drug-likeness (QED) is 0.122. The Hall–Kier alpha value is -11.4. The normalized spacial score (nSPS) is 13.9. The monoisotopic (exact) mass is 1160 g/mol. The second-order valence-corrected chi connectivity index (χ2v) is 23.2. The van der Waals surface area contributed by atoms with Gasteiger partial charge in [0.1, 0.15) is 35.5 Å². The summed E-state index contributed by atoms with van der Waals surface area (Å²) in [4.78, 5) is 9.05. The van der Waals surface area contributed by atoms with Gasteiger partial charge in [-0.05, 0) is 112 Å². The molecule has 0 amide bonds. The van der Waals surface area contributed by atoms with Crippen molar-refractivity contribution in [3.63, 3.8) is 0 Å². The Morgan fingerprint density at radius 1 is 0.382 bits per heavy atom. The highest BCUT2D eigenvalue weighted by Gasteiger charge is 2.32. The van der Waals surface area contributed by atoms with E-state index in [4.69, 9.17) is 22.7 Å². The molecule has 1 aliphatic heterocycles. The van der Waals surface area contributed by atoms with Gasteiger partial charge in [0.15, 0.2) is 0 Å². The molecule has 15 aromatic rings. The van der Waals surface area contributed by atoms with Gasteiger partial charge in [0.2, 0.25) is 0 Å². The molecule has 7 heteroatoms. The predicted octanol–water partition coefficient (Wildman–Crippen LogP) is 22.1. The van der Waals surface area contributed by atoms with Crippen molar-refractivity contribution in [3.8, 4) is 79.0 Å². The second kappa shape index (κ2) is 21.8. The first kappa shape index (κ1) is 43.2. The van der Waals surface area contributed by atoms with E-state index < -0.39 is 60.4 Å². The average molecular weight is 1160 g/mol. The molecule has 1 aliphatic rings. The molecule has 0 bridgehead atoms. The number of aromatic nitrogens is 3. The van der Waals surface area contributed by atoms with E-state index in [9.17, 15) is 5.48 Å². The molecule has 0 unspecified atom stereocenters. The highest BCUT2D eigenvalue weighted by molar-refractivity contribution is 6.11. The molecule has 0 aliphatic carbocycles. The molecule has 3 aromatic heterocycles. The van der Waals surface area contributed by atoms with Crippen LogP contribution in [0.25, 0.3) is 99.6 Å². The molecule has 0 saturated carbocycles. The summed E-state index contributed by atoms with van der Waals surface area (Å²) in [5.74, 6) is 2.95. The van der Waals surface area contributed by atoms with E-state index in [2.05, 4.69) is 163 Å². The summed E-state index contributed by atoms with van der Waals surface area (Å²) in [6.07, 6.45) is 1.79. The molecule has 12 aromatic carbocycles. The fourth-order valence-electron chi connectivity index (χ4n) is 12.7. The first-order valence-corrected chi connectivity index (χ1v) is 29.6. The van der Waals surface area contributed by atoms with Crippen molar-refractivity contribution in [1.29, 1.82) is 0 Å². The molecule has 0 N–H and O–H groups in total. The summed E-state index contributed by atoms with van der Waals surface area (Å²) in [5, 5.41) is 4.37. The third kappa shape index (κ3) is 9.52. The van der Waals surface area contributed by atoms with Crippen LogP contribution in [0.5, 0.6) is 23.0 Å². The van der Waals surface area contributed by atoms with Crippen LogP contribution in [0, 0.1) is 0 Å². The van der Waals surface area contributed by atoms with Crippen LogP contribution in [0.3, 0.4) is 0 Å². The van der Waals surface area contributed by atoms with Crippen LogP contribution in [0.15, 0.2) is 303 Å². The van der Waals surface area contributed by atoms with Crippen molar-refractivity contribution in [2.24, 2.45) is 0 Å². The van der Waals surface area contributed by atoms with Gasteiger partial charge in [-0.15, -0.1) is 0 Å². The summed E-state index contributed by atoms with van der Waals surface area (Å²) in [6.45, 7) is 6.71. The lowest BCUT2D eigenvalue weighted by molar-refractivity contribution is 0.483. The molecule has 0 atom stereocenters. The van der Waals surface area contributed by atoms with Crippen LogP contribution >= 0.6 is 0 Å². The van der Waals surface area contributed by atoms with Gasteiger partial charge in [0.25, 0.3) is 0 Å². The summed E-state index contributed by atoms with van der Waals surface area (Å²) in [7, 11) is 0. The average Bonchev–Trinajstić information content (AvgIpc) is 1.19. The lowest BCUT2D eigenvalue weighted by Crippen LogP contribution is -2.24. The van der Waals surface area contributed by atoms with E-state index in [-0.39, 0.29) is 40.0 Å². The van der Waals surface area contributed by atoms with E-state index in [0.29, 0.717) is 40.2 Å². The number of pyridine rings is 1. The van der Waals surface area contributed by atoms with Gasteiger partial charge in [-0.1, -0.05) is 221 Å². The first-order valence-electron chi connectivity index (χ1n) is 34.6. The van der Waals surface area contributed by atoms with Crippen molar-refractivity contribution in [1.82, 2.24) is 14.1 Å². The third-order valence-corrected chi connectivity index (χ3v) is 16.8. The molecular weight excluding hydrogens is 1090 g/mol. The highest BCUT2D eigenvalue weighted by Crippen LogP contribution is 2.51. The second-order valence-electron chi connectivity index (χ2n) is 23.2. The van der Waals surface area contributed by atoms with Crippen molar-refractivity contribution < 1.29 is 23.2 Å². The Morgan fingerprint density at radius 3 is 1.57 bits per heavy atom. The highest BCUT2D eigenvalue weighted by atomic mass is 16.5. The van der Waals surface area contributed by atoms with Crippen LogP contribution in [0.2, 0.25) is 0 Å². The molecule has 0 radical (unpaired) electrons. The van der Waals surface area contributed by atoms with Gasteiger partial charge in [0.05, 0.1) is 52.8 Å². The molecule has 0 fully saturated rings. The summed E-state index contributed by atoms with van der Waals surface area (Å²) in [5.41, 5.74) is 12.4. The number of ether oxygens (including phenoxy) is 2. The van der Waals surface area contributed by atoms with Crippen LogP contribution in [0.4, 0.5) is 22.7 Å². The van der Waals surface area contributed by atoms with Crippen LogP contribution in [0.1, 0.15) is 40.0 Å². The zero-order valence-electron chi connectivity index (χ0n) is 58.9. The van der Waals surface area contributed by atoms with E-state index in [1.54, 1.807) is 24.4 Å². The smallest absolute Gasteiger partial charge is 0.143 e. The minimum absolute atomic E-state index is 0.0810. The topological polar surface area (TPSA) is 47.7 Å². The zero-order chi connectivity index (χ0) is 68.3. The molecule has 7 nitrogen and oxygen atoms in total. The van der Waals surface area contributed by atoms with E-state index >= 15 is 0 Å². The lowest BCUT2D eigenvalue weighted by Gasteiger charge is -2.27. The molecule has 0 spiro atoms. The van der Waals surface area contributed by atoms with Gasteiger partial charge in [0, 0.05) is 79.6 Å². The number of benzene rings is 12. The van der Waals surface area contributed by atoms with Crippen molar-refractivity contribution >= 4 is 66.4 Å². The molecule has 89 heavy (non-hydrogen) atoms. The first-order chi connectivity index (χ1) is 47.9. The summed E-state index contributed by atoms with van der Waals surface area (Å²) in [6, 6.07) is 73.9. The maximum absolute atomic E-state index is 9.17. The van der Waals surface area contributed by atoms with Gasteiger partial charge in [-0.3, -0.25) is 4.57 Å². The molecule has 426 valence electrons. The van der Waals surface area contributed by atoms with E-state index in [1.807, 2.05) is 94.7 Å². The lowest BCUT2D eigenvalue weighted by atomic mass is 9.86. The molecule has 16 rings (SSSR count). The van der Waals surface area contributed by atoms with Crippen LogP contribution in [-0.2, 0) is 5.41 Å². The van der Waals surface area contributed by atoms with E-state index in [0.717, 1.165) is 66.5 Å². The SMILES string of the molecule is [2H]c1c([2H])c([2H])c(-c2cccc(-c3c([2H])c([2H])c([2H])c([2H])c3[2H])c2N2CN(c3cccc(Oc4ccc5c6cc(C(C)(C)C)ccc6n(-c6cc(Oc7c(-c8ccccc8)cc(-n8c9ccccc9c9ccccc98)cc7-c7ccccc7)ccn6)c5c4)c3)c3ccccc32)c([2H])c1[2H]. The number of para-hydroxylation sites is 5.